The van der Waals surface area contributed by atoms with Gasteiger partial charge in [-0.05, 0) is 12.5 Å². The van der Waals surface area contributed by atoms with Gasteiger partial charge in [-0.2, -0.15) is 0 Å². The lowest BCUT2D eigenvalue weighted by molar-refractivity contribution is -0.119. The molecule has 1 aromatic carbocycles. The van der Waals surface area contributed by atoms with Crippen LogP contribution in [0.15, 0.2) is 30.3 Å². The molecule has 2 rings (SSSR count). The Hall–Kier alpha value is -1.63. The van der Waals surface area contributed by atoms with Crippen molar-refractivity contribution in [3.05, 3.63) is 35.9 Å². The van der Waals surface area contributed by atoms with Crippen molar-refractivity contribution in [2.24, 2.45) is 0 Å². The van der Waals surface area contributed by atoms with E-state index < -0.39 is 30.6 Å². The summed E-state index contributed by atoms with van der Waals surface area (Å²) < 4.78 is 10.2. The number of carbonyl (C=O) groups excluding carboxylic acids is 1. The van der Waals surface area contributed by atoms with Gasteiger partial charge >= 0.3 is 6.09 Å². The van der Waals surface area contributed by atoms with E-state index in [1.54, 1.807) is 6.92 Å². The lowest BCUT2D eigenvalue weighted by Gasteiger charge is -2.21. The van der Waals surface area contributed by atoms with Gasteiger partial charge in [-0.15, -0.1) is 0 Å². The Balaban J connectivity index is 1.82. The van der Waals surface area contributed by atoms with Crippen molar-refractivity contribution in [2.45, 2.75) is 44.5 Å². The summed E-state index contributed by atoms with van der Waals surface area (Å²) in [4.78, 5) is 11.7. The maximum absolute atomic E-state index is 11.7. The highest BCUT2D eigenvalue weighted by molar-refractivity contribution is 5.67. The molecule has 0 aromatic heterocycles. The maximum atomic E-state index is 11.7. The number of carbonyl (C=O) groups is 1. The molecule has 1 unspecified atom stereocenters. The summed E-state index contributed by atoms with van der Waals surface area (Å²) in [5.41, 5.74) is 0.887. The first-order valence-corrected chi connectivity index (χ1v) is 6.55. The average molecular weight is 281 g/mol. The van der Waals surface area contributed by atoms with Crippen LogP contribution in [-0.2, 0) is 16.1 Å². The Morgan fingerprint density at radius 1 is 1.50 bits per heavy atom. The summed E-state index contributed by atoms with van der Waals surface area (Å²) in [5, 5.41) is 21.6. The van der Waals surface area contributed by atoms with E-state index in [4.69, 9.17) is 9.47 Å². The monoisotopic (exact) mass is 281 g/mol. The Kier molecular flexibility index (Phi) is 4.94. The first-order chi connectivity index (χ1) is 9.56. The van der Waals surface area contributed by atoms with Gasteiger partial charge in [0.05, 0.1) is 12.1 Å². The van der Waals surface area contributed by atoms with Crippen LogP contribution in [0.5, 0.6) is 0 Å². The van der Waals surface area contributed by atoms with Gasteiger partial charge in [0, 0.05) is 6.42 Å². The van der Waals surface area contributed by atoms with Crippen molar-refractivity contribution in [1.82, 2.24) is 5.32 Å². The third kappa shape index (κ3) is 3.93. The molecule has 4 atom stereocenters. The van der Waals surface area contributed by atoms with Crippen molar-refractivity contribution in [3.63, 3.8) is 0 Å². The van der Waals surface area contributed by atoms with Crippen LogP contribution in [0.1, 0.15) is 18.9 Å². The predicted octanol–water partition coefficient (Wildman–Crippen LogP) is 0.769. The number of hydrogen-bond acceptors (Lipinski definition) is 5. The van der Waals surface area contributed by atoms with Crippen LogP contribution in [0.25, 0.3) is 0 Å². The zero-order valence-corrected chi connectivity index (χ0v) is 11.2. The molecular formula is C14H19NO5. The number of hydrogen-bond donors (Lipinski definition) is 3. The summed E-state index contributed by atoms with van der Waals surface area (Å²) >= 11 is 0. The number of aliphatic hydroxyl groups is 2. The van der Waals surface area contributed by atoms with Gasteiger partial charge in [0.25, 0.3) is 0 Å². The number of aliphatic hydroxyl groups excluding tert-OH is 2. The van der Waals surface area contributed by atoms with Gasteiger partial charge in [-0.3, -0.25) is 0 Å². The van der Waals surface area contributed by atoms with Crippen LogP contribution in [0.2, 0.25) is 0 Å². The Bertz CT molecular complexity index is 436. The van der Waals surface area contributed by atoms with Gasteiger partial charge in [-0.25, -0.2) is 4.79 Å². The van der Waals surface area contributed by atoms with E-state index in [1.807, 2.05) is 30.3 Å². The minimum Gasteiger partial charge on any atom is -0.445 e. The highest BCUT2D eigenvalue weighted by Crippen LogP contribution is 2.21. The predicted molar refractivity (Wildman–Crippen MR) is 70.7 cm³/mol. The molecule has 20 heavy (non-hydrogen) atoms. The van der Waals surface area contributed by atoms with Crippen LogP contribution in [0, 0.1) is 0 Å². The fraction of sp³-hybridized carbons (Fsp3) is 0.500. The molecule has 6 heteroatoms. The van der Waals surface area contributed by atoms with Crippen molar-refractivity contribution in [2.75, 3.05) is 0 Å². The van der Waals surface area contributed by atoms with E-state index in [0.717, 1.165) is 5.56 Å². The molecule has 1 aliphatic heterocycles. The van der Waals surface area contributed by atoms with E-state index in [-0.39, 0.29) is 13.0 Å². The molecule has 0 bridgehead atoms. The van der Waals surface area contributed by atoms with E-state index in [9.17, 15) is 15.0 Å². The van der Waals surface area contributed by atoms with Gasteiger partial charge in [0.2, 0.25) is 0 Å². The van der Waals surface area contributed by atoms with Crippen molar-refractivity contribution in [1.29, 1.82) is 0 Å². The van der Waals surface area contributed by atoms with Crippen LogP contribution in [-0.4, -0.2) is 40.8 Å². The molecule has 1 fully saturated rings. The molecule has 1 saturated heterocycles. The Morgan fingerprint density at radius 3 is 2.85 bits per heavy atom. The topological polar surface area (TPSA) is 88.0 Å². The molecule has 1 amide bonds. The molecule has 0 aliphatic carbocycles. The molecule has 3 N–H and O–H groups in total. The Labute approximate surface area is 117 Å². The fourth-order valence-electron chi connectivity index (χ4n) is 2.19. The van der Waals surface area contributed by atoms with Crippen LogP contribution < -0.4 is 5.32 Å². The van der Waals surface area contributed by atoms with Gasteiger partial charge in [-0.1, -0.05) is 30.3 Å². The van der Waals surface area contributed by atoms with Crippen molar-refractivity contribution < 1.29 is 24.5 Å². The number of amides is 1. The lowest BCUT2D eigenvalue weighted by Crippen LogP contribution is -2.45. The first kappa shape index (κ1) is 14.8. The standard InChI is InChI=1S/C14H19NO5/c1-9(16)13-11(7-12(17)20-13)15-14(18)19-8-10-5-3-2-4-6-10/h2-6,9,11-13,16-17H,7-8H2,1H3,(H,15,18)/t9-,11+,12?,13+/m1/s1. The summed E-state index contributed by atoms with van der Waals surface area (Å²) in [7, 11) is 0. The summed E-state index contributed by atoms with van der Waals surface area (Å²) in [6.45, 7) is 1.72. The second-order valence-corrected chi connectivity index (χ2v) is 4.84. The molecular weight excluding hydrogens is 262 g/mol. The molecule has 110 valence electrons. The van der Waals surface area contributed by atoms with Crippen LogP contribution >= 0.6 is 0 Å². The molecule has 6 nitrogen and oxygen atoms in total. The van der Waals surface area contributed by atoms with Crippen LogP contribution in [0.4, 0.5) is 4.79 Å². The minimum atomic E-state index is -0.978. The number of alkyl carbamates (subject to hydrolysis) is 1. The Morgan fingerprint density at radius 2 is 2.20 bits per heavy atom. The van der Waals surface area contributed by atoms with E-state index in [0.29, 0.717) is 0 Å². The third-order valence-electron chi connectivity index (χ3n) is 3.16. The van der Waals surface area contributed by atoms with Crippen molar-refractivity contribution >= 4 is 6.09 Å². The van der Waals surface area contributed by atoms with Crippen LogP contribution in [0.3, 0.4) is 0 Å². The second-order valence-electron chi connectivity index (χ2n) is 4.84. The molecule has 0 saturated carbocycles. The zero-order chi connectivity index (χ0) is 14.5. The number of ether oxygens (including phenoxy) is 2. The fourth-order valence-corrected chi connectivity index (χ4v) is 2.19. The van der Waals surface area contributed by atoms with Gasteiger partial charge in [0.1, 0.15) is 12.7 Å². The summed E-state index contributed by atoms with van der Waals surface area (Å²) in [6.07, 6.45) is -2.76. The summed E-state index contributed by atoms with van der Waals surface area (Å²) in [5.74, 6) is 0. The lowest BCUT2D eigenvalue weighted by atomic mass is 10.1. The quantitative estimate of drug-likeness (QED) is 0.758. The SMILES string of the molecule is C[C@@H](O)[C@@H]1OC(O)C[C@@H]1NC(=O)OCc1ccccc1. The van der Waals surface area contributed by atoms with Crippen molar-refractivity contribution in [3.8, 4) is 0 Å². The normalized spacial score (nSPS) is 27.1. The average Bonchev–Trinajstić information content (AvgIpc) is 2.79. The molecule has 1 aliphatic rings. The highest BCUT2D eigenvalue weighted by Gasteiger charge is 2.38. The minimum absolute atomic E-state index is 0.169. The number of rotatable bonds is 4. The van der Waals surface area contributed by atoms with E-state index >= 15 is 0 Å². The molecule has 1 aromatic rings. The first-order valence-electron chi connectivity index (χ1n) is 6.55. The zero-order valence-electron chi connectivity index (χ0n) is 11.2. The smallest absolute Gasteiger partial charge is 0.407 e. The number of benzene rings is 1. The third-order valence-corrected chi connectivity index (χ3v) is 3.16. The molecule has 1 heterocycles. The number of nitrogens with one attached hydrogen (secondary N) is 1. The van der Waals surface area contributed by atoms with E-state index in [1.165, 1.54) is 0 Å². The molecule has 0 radical (unpaired) electrons. The largest absolute Gasteiger partial charge is 0.445 e. The molecule has 0 spiro atoms. The van der Waals surface area contributed by atoms with E-state index in [2.05, 4.69) is 5.32 Å². The van der Waals surface area contributed by atoms with Gasteiger partial charge in [0.15, 0.2) is 6.29 Å². The summed E-state index contributed by atoms with van der Waals surface area (Å²) in [6, 6.07) is 8.85. The van der Waals surface area contributed by atoms with Gasteiger partial charge < -0.3 is 25.0 Å². The highest BCUT2D eigenvalue weighted by atomic mass is 16.6. The maximum Gasteiger partial charge on any atom is 0.407 e. The second kappa shape index (κ2) is 6.69.